The first-order valence-electron chi connectivity index (χ1n) is 6.73. The monoisotopic (exact) mass is 322 g/mol. The van der Waals surface area contributed by atoms with E-state index in [-0.39, 0.29) is 5.69 Å². The van der Waals surface area contributed by atoms with Crippen molar-refractivity contribution in [2.45, 2.75) is 6.42 Å². The average molecular weight is 322 g/mol. The minimum absolute atomic E-state index is 0.291. The fourth-order valence-corrected chi connectivity index (χ4v) is 1.84. The van der Waals surface area contributed by atoms with Crippen molar-refractivity contribution in [1.29, 1.82) is 0 Å². The van der Waals surface area contributed by atoms with E-state index in [9.17, 15) is 22.8 Å². The van der Waals surface area contributed by atoms with Gasteiger partial charge in [-0.2, -0.15) is 0 Å². The fourth-order valence-electron chi connectivity index (χ4n) is 1.84. The Morgan fingerprint density at radius 1 is 0.957 bits per heavy atom. The molecular formula is C16H13F3N2O2. The molecule has 2 aromatic carbocycles. The molecule has 0 aromatic heterocycles. The number of hydrogen-bond acceptors (Lipinski definition) is 2. The Morgan fingerprint density at radius 2 is 1.65 bits per heavy atom. The van der Waals surface area contributed by atoms with E-state index in [2.05, 4.69) is 5.32 Å². The van der Waals surface area contributed by atoms with Crippen molar-refractivity contribution in [3.8, 4) is 0 Å². The number of anilines is 2. The number of alkyl halides is 1. The van der Waals surface area contributed by atoms with Crippen molar-refractivity contribution in [2.24, 2.45) is 0 Å². The maximum Gasteiger partial charge on any atom is 0.255 e. The number of rotatable bonds is 5. The van der Waals surface area contributed by atoms with Gasteiger partial charge in [-0.05, 0) is 24.3 Å². The summed E-state index contributed by atoms with van der Waals surface area (Å²) >= 11 is 0. The molecule has 0 bridgehead atoms. The summed E-state index contributed by atoms with van der Waals surface area (Å²) in [5, 5.41) is 4.25. The van der Waals surface area contributed by atoms with E-state index in [0.29, 0.717) is 5.56 Å². The molecule has 23 heavy (non-hydrogen) atoms. The summed E-state index contributed by atoms with van der Waals surface area (Å²) in [4.78, 5) is 23.3. The zero-order valence-corrected chi connectivity index (χ0v) is 11.9. The van der Waals surface area contributed by atoms with Crippen LogP contribution in [0.4, 0.5) is 24.5 Å². The maximum absolute atomic E-state index is 14.2. The summed E-state index contributed by atoms with van der Waals surface area (Å²) in [6.07, 6.45) is -0.514. The number of benzene rings is 2. The van der Waals surface area contributed by atoms with Gasteiger partial charge in [0.25, 0.3) is 5.91 Å². The number of hydrogen-bond donors (Lipinski definition) is 2. The predicted octanol–water partition coefficient (Wildman–Crippen LogP) is 3.52. The predicted molar refractivity (Wildman–Crippen MR) is 80.0 cm³/mol. The summed E-state index contributed by atoms with van der Waals surface area (Å²) in [5.41, 5.74) is -0.732. The highest BCUT2D eigenvalue weighted by molar-refractivity contribution is 6.04. The molecule has 2 aromatic rings. The van der Waals surface area contributed by atoms with Gasteiger partial charge in [0.1, 0.15) is 11.5 Å². The molecule has 0 aliphatic heterocycles. The second-order valence-corrected chi connectivity index (χ2v) is 4.59. The number of nitrogens with one attached hydrogen (secondary N) is 2. The molecule has 120 valence electrons. The largest absolute Gasteiger partial charge is 0.321 e. The smallest absolute Gasteiger partial charge is 0.255 e. The lowest BCUT2D eigenvalue weighted by Gasteiger charge is -2.11. The van der Waals surface area contributed by atoms with E-state index in [1.54, 1.807) is 18.2 Å². The van der Waals surface area contributed by atoms with E-state index in [4.69, 9.17) is 0 Å². The molecule has 0 aliphatic carbocycles. The second-order valence-electron chi connectivity index (χ2n) is 4.59. The summed E-state index contributed by atoms with van der Waals surface area (Å²) < 4.78 is 40.0. The van der Waals surface area contributed by atoms with E-state index in [0.717, 1.165) is 12.1 Å². The molecule has 0 aliphatic rings. The Labute approximate surface area is 130 Å². The van der Waals surface area contributed by atoms with Gasteiger partial charge < -0.3 is 10.6 Å². The maximum atomic E-state index is 14.2. The van der Waals surface area contributed by atoms with Gasteiger partial charge in [-0.25, -0.2) is 8.78 Å². The molecule has 2 amide bonds. The molecule has 0 spiro atoms. The first-order chi connectivity index (χ1) is 11.0. The summed E-state index contributed by atoms with van der Waals surface area (Å²) in [5.74, 6) is -3.61. The van der Waals surface area contributed by atoms with E-state index in [1.165, 1.54) is 12.1 Å². The van der Waals surface area contributed by atoms with Gasteiger partial charge in [-0.3, -0.25) is 14.0 Å². The van der Waals surface area contributed by atoms with E-state index in [1.807, 2.05) is 5.32 Å². The van der Waals surface area contributed by atoms with Crippen molar-refractivity contribution in [3.05, 3.63) is 59.7 Å². The van der Waals surface area contributed by atoms with Crippen LogP contribution in [0.2, 0.25) is 0 Å². The Kier molecular flexibility index (Phi) is 5.35. The highest BCUT2D eigenvalue weighted by Gasteiger charge is 2.18. The molecule has 2 N–H and O–H groups in total. The van der Waals surface area contributed by atoms with Crippen LogP contribution in [0.3, 0.4) is 0 Å². The topological polar surface area (TPSA) is 58.2 Å². The van der Waals surface area contributed by atoms with E-state index >= 15 is 0 Å². The Hall–Kier alpha value is -2.83. The lowest BCUT2D eigenvalue weighted by Crippen LogP contribution is -2.17. The molecule has 0 saturated heterocycles. The van der Waals surface area contributed by atoms with Gasteiger partial charge in [-0.1, -0.05) is 18.2 Å². The van der Waals surface area contributed by atoms with Crippen LogP contribution in [0, 0.1) is 11.6 Å². The molecule has 0 heterocycles. The zero-order valence-electron chi connectivity index (χ0n) is 11.9. The zero-order chi connectivity index (χ0) is 16.8. The number of carbonyl (C=O) groups excluding carboxylic acids is 2. The third-order valence-corrected chi connectivity index (χ3v) is 2.96. The van der Waals surface area contributed by atoms with Crippen LogP contribution in [0.15, 0.2) is 42.5 Å². The number of carbonyl (C=O) groups is 2. The highest BCUT2D eigenvalue weighted by atomic mass is 19.1. The van der Waals surface area contributed by atoms with Gasteiger partial charge in [-0.15, -0.1) is 0 Å². The van der Waals surface area contributed by atoms with Crippen LogP contribution in [-0.2, 0) is 4.79 Å². The third-order valence-electron chi connectivity index (χ3n) is 2.96. The first kappa shape index (κ1) is 16.5. The molecule has 4 nitrogen and oxygen atoms in total. The van der Waals surface area contributed by atoms with Gasteiger partial charge in [0.05, 0.1) is 18.8 Å². The van der Waals surface area contributed by atoms with Crippen LogP contribution in [0.1, 0.15) is 16.8 Å². The van der Waals surface area contributed by atoms with Crippen molar-refractivity contribution in [3.63, 3.8) is 0 Å². The molecule has 0 radical (unpaired) electrons. The average Bonchev–Trinajstić information content (AvgIpc) is 2.55. The van der Waals surface area contributed by atoms with Gasteiger partial charge in [0, 0.05) is 5.56 Å². The fraction of sp³-hybridized carbons (Fsp3) is 0.125. The Morgan fingerprint density at radius 3 is 2.30 bits per heavy atom. The van der Waals surface area contributed by atoms with Crippen LogP contribution < -0.4 is 10.6 Å². The summed E-state index contributed by atoms with van der Waals surface area (Å²) in [7, 11) is 0. The quantitative estimate of drug-likeness (QED) is 0.885. The Bertz CT molecular complexity index is 721. The Balaban J connectivity index is 2.23. The molecule has 0 saturated carbocycles. The van der Waals surface area contributed by atoms with Crippen LogP contribution in [0.5, 0.6) is 0 Å². The summed E-state index contributed by atoms with van der Waals surface area (Å²) in [6, 6.07) is 9.98. The molecule has 0 fully saturated rings. The molecule has 2 rings (SSSR count). The molecule has 0 atom stereocenters. The van der Waals surface area contributed by atoms with Gasteiger partial charge in [0.2, 0.25) is 5.91 Å². The van der Waals surface area contributed by atoms with Crippen LogP contribution in [-0.4, -0.2) is 18.5 Å². The van der Waals surface area contributed by atoms with Crippen molar-refractivity contribution >= 4 is 23.2 Å². The second kappa shape index (κ2) is 7.44. The normalized spacial score (nSPS) is 10.2. The van der Waals surface area contributed by atoms with Gasteiger partial charge in [0.15, 0.2) is 5.82 Å². The first-order valence-corrected chi connectivity index (χ1v) is 6.73. The minimum Gasteiger partial charge on any atom is -0.321 e. The van der Waals surface area contributed by atoms with Crippen molar-refractivity contribution in [1.82, 2.24) is 0 Å². The summed E-state index contributed by atoms with van der Waals surface area (Å²) in [6.45, 7) is -0.945. The highest BCUT2D eigenvalue weighted by Crippen LogP contribution is 2.26. The molecule has 7 heteroatoms. The lowest BCUT2D eigenvalue weighted by atomic mass is 10.2. The third kappa shape index (κ3) is 4.09. The van der Waals surface area contributed by atoms with Crippen LogP contribution in [0.25, 0.3) is 0 Å². The minimum atomic E-state index is -1.14. The molecule has 0 unspecified atom stereocenters. The number of amides is 2. The SMILES string of the molecule is O=C(CCF)Nc1c(F)ccc(NC(=O)c2ccccc2)c1F. The van der Waals surface area contributed by atoms with Crippen molar-refractivity contribution in [2.75, 3.05) is 17.3 Å². The lowest BCUT2D eigenvalue weighted by molar-refractivity contribution is -0.116. The van der Waals surface area contributed by atoms with Crippen LogP contribution >= 0.6 is 0 Å². The van der Waals surface area contributed by atoms with Crippen molar-refractivity contribution < 1.29 is 22.8 Å². The van der Waals surface area contributed by atoms with Gasteiger partial charge >= 0.3 is 0 Å². The number of halogens is 3. The standard InChI is InChI=1S/C16H13F3N2O2/c17-9-8-13(22)21-15-11(18)6-7-12(14(15)19)20-16(23)10-4-2-1-3-5-10/h1-7H,8-9H2,(H,20,23)(H,21,22). The van der Waals surface area contributed by atoms with E-state index < -0.39 is 42.2 Å². The molecular weight excluding hydrogens is 309 g/mol.